The van der Waals surface area contributed by atoms with Gasteiger partial charge in [0.25, 0.3) is 11.8 Å². The molecule has 8 heteroatoms. The number of aliphatic hydroxyl groups excluding tert-OH is 1. The molecule has 0 aliphatic carbocycles. The topological polar surface area (TPSA) is 69.6 Å². The van der Waals surface area contributed by atoms with Crippen LogP contribution in [0, 0.1) is 11.6 Å². The quantitative estimate of drug-likeness (QED) is 0.649. The molecule has 1 aromatic carbocycles. The van der Waals surface area contributed by atoms with Crippen molar-refractivity contribution in [2.75, 3.05) is 18.5 Å². The van der Waals surface area contributed by atoms with Crippen molar-refractivity contribution >= 4 is 29.1 Å². The molecule has 1 heterocycles. The number of amides is 2. The van der Waals surface area contributed by atoms with Crippen LogP contribution in [0.25, 0.3) is 0 Å². The predicted molar refractivity (Wildman–Crippen MR) is 66.9 cm³/mol. The van der Waals surface area contributed by atoms with E-state index in [2.05, 4.69) is 5.32 Å². The number of hydrogen-bond acceptors (Lipinski definition) is 4. The van der Waals surface area contributed by atoms with Gasteiger partial charge in [-0.1, -0.05) is 11.6 Å². The molecule has 0 unspecified atom stereocenters. The second-order valence-electron chi connectivity index (χ2n) is 3.95. The van der Waals surface area contributed by atoms with E-state index in [1.54, 1.807) is 0 Å². The molecular formula is C12H9ClF2N2O3. The average molecular weight is 303 g/mol. The molecule has 2 rings (SSSR count). The Balaban J connectivity index is 2.26. The summed E-state index contributed by atoms with van der Waals surface area (Å²) in [6.07, 6.45) is 0.969. The Morgan fingerprint density at radius 2 is 2.00 bits per heavy atom. The first-order valence-corrected chi connectivity index (χ1v) is 5.91. The van der Waals surface area contributed by atoms with E-state index >= 15 is 0 Å². The first kappa shape index (κ1) is 14.4. The number of aliphatic hydroxyl groups is 1. The molecule has 20 heavy (non-hydrogen) atoms. The standard InChI is InChI=1S/C12H9ClF2N2O3/c13-11-7(15)3-6(14)4-8(11)16-9-5-10(19)17(1-2-18)12(9)20/h3-5,16,18H,1-2H2. The molecule has 0 fully saturated rings. The number of hydrogen-bond donors (Lipinski definition) is 2. The van der Waals surface area contributed by atoms with Crippen molar-refractivity contribution in [1.29, 1.82) is 0 Å². The van der Waals surface area contributed by atoms with Gasteiger partial charge in [-0.3, -0.25) is 14.5 Å². The zero-order valence-corrected chi connectivity index (χ0v) is 10.7. The van der Waals surface area contributed by atoms with Gasteiger partial charge in [0.15, 0.2) is 0 Å². The van der Waals surface area contributed by atoms with Crippen molar-refractivity contribution in [2.24, 2.45) is 0 Å². The number of carbonyl (C=O) groups excluding carboxylic acids is 2. The third kappa shape index (κ3) is 2.63. The van der Waals surface area contributed by atoms with Crippen LogP contribution in [0.5, 0.6) is 0 Å². The Labute approximate surface area is 117 Å². The van der Waals surface area contributed by atoms with Gasteiger partial charge in [0, 0.05) is 12.1 Å². The number of nitrogens with one attached hydrogen (secondary N) is 1. The molecule has 0 bridgehead atoms. The van der Waals surface area contributed by atoms with Crippen molar-refractivity contribution in [3.8, 4) is 0 Å². The second-order valence-corrected chi connectivity index (χ2v) is 4.33. The summed E-state index contributed by atoms with van der Waals surface area (Å²) in [5.74, 6) is -3.19. The van der Waals surface area contributed by atoms with E-state index in [-0.39, 0.29) is 24.5 Å². The van der Waals surface area contributed by atoms with Gasteiger partial charge in [0.05, 0.1) is 23.9 Å². The van der Waals surface area contributed by atoms with Gasteiger partial charge in [-0.25, -0.2) is 8.78 Å². The van der Waals surface area contributed by atoms with Crippen LogP contribution in [0.4, 0.5) is 14.5 Å². The van der Waals surface area contributed by atoms with E-state index in [0.29, 0.717) is 6.07 Å². The lowest BCUT2D eigenvalue weighted by atomic mass is 10.2. The summed E-state index contributed by atoms with van der Waals surface area (Å²) in [4.78, 5) is 24.1. The molecule has 2 N–H and O–H groups in total. The fourth-order valence-electron chi connectivity index (χ4n) is 1.70. The molecule has 0 aromatic heterocycles. The van der Waals surface area contributed by atoms with Crippen molar-refractivity contribution < 1.29 is 23.5 Å². The normalized spacial score (nSPS) is 14.8. The number of β-amino-alcohol motifs (C(OH)–C–C–N with tert-alkyl or cyclic N) is 1. The van der Waals surface area contributed by atoms with Crippen molar-refractivity contribution in [3.05, 3.63) is 40.6 Å². The molecule has 1 aliphatic heterocycles. The van der Waals surface area contributed by atoms with Crippen LogP contribution in [0.15, 0.2) is 23.9 Å². The molecule has 0 saturated carbocycles. The third-order valence-electron chi connectivity index (χ3n) is 2.60. The monoisotopic (exact) mass is 302 g/mol. The molecule has 0 spiro atoms. The van der Waals surface area contributed by atoms with Gasteiger partial charge in [-0.05, 0) is 6.07 Å². The number of halogens is 3. The van der Waals surface area contributed by atoms with Gasteiger partial charge in [0.1, 0.15) is 17.3 Å². The highest BCUT2D eigenvalue weighted by molar-refractivity contribution is 6.33. The summed E-state index contributed by atoms with van der Waals surface area (Å²) < 4.78 is 26.4. The van der Waals surface area contributed by atoms with Crippen LogP contribution in [0.2, 0.25) is 5.02 Å². The highest BCUT2D eigenvalue weighted by Gasteiger charge is 2.31. The van der Waals surface area contributed by atoms with Gasteiger partial charge in [0.2, 0.25) is 0 Å². The van der Waals surface area contributed by atoms with E-state index in [9.17, 15) is 18.4 Å². The molecule has 0 radical (unpaired) electrons. The van der Waals surface area contributed by atoms with Gasteiger partial charge in [-0.15, -0.1) is 0 Å². The van der Waals surface area contributed by atoms with E-state index in [1.165, 1.54) is 0 Å². The number of imide groups is 1. The molecule has 1 aliphatic rings. The lowest BCUT2D eigenvalue weighted by Gasteiger charge is -2.14. The predicted octanol–water partition coefficient (Wildman–Crippen LogP) is 1.28. The van der Waals surface area contributed by atoms with E-state index in [4.69, 9.17) is 16.7 Å². The maximum Gasteiger partial charge on any atom is 0.277 e. The summed E-state index contributed by atoms with van der Waals surface area (Å²) in [7, 11) is 0. The molecular weight excluding hydrogens is 294 g/mol. The Morgan fingerprint density at radius 1 is 1.30 bits per heavy atom. The second kappa shape index (κ2) is 5.56. The summed E-state index contributed by atoms with van der Waals surface area (Å²) in [6, 6.07) is 1.50. The summed E-state index contributed by atoms with van der Waals surface area (Å²) in [5.41, 5.74) is -0.335. The maximum atomic E-state index is 13.3. The Bertz CT molecular complexity index is 619. The average Bonchev–Trinajstić information content (AvgIpc) is 2.63. The highest BCUT2D eigenvalue weighted by Crippen LogP contribution is 2.28. The first-order valence-electron chi connectivity index (χ1n) is 5.54. The SMILES string of the molecule is O=C1C=C(Nc2cc(F)cc(F)c2Cl)C(=O)N1CCO. The number of nitrogens with zero attached hydrogens (tertiary/aromatic N) is 1. The molecule has 0 atom stereocenters. The Morgan fingerprint density at radius 3 is 2.65 bits per heavy atom. The third-order valence-corrected chi connectivity index (χ3v) is 2.98. The summed E-state index contributed by atoms with van der Waals surface area (Å²) in [6.45, 7) is -0.543. The van der Waals surface area contributed by atoms with Crippen LogP contribution in [0.1, 0.15) is 0 Å². The zero-order chi connectivity index (χ0) is 14.9. The van der Waals surface area contributed by atoms with Crippen molar-refractivity contribution in [2.45, 2.75) is 0 Å². The largest absolute Gasteiger partial charge is 0.395 e. The summed E-state index contributed by atoms with van der Waals surface area (Å²) in [5, 5.41) is 10.8. The molecule has 5 nitrogen and oxygen atoms in total. The van der Waals surface area contributed by atoms with Crippen LogP contribution < -0.4 is 5.32 Å². The zero-order valence-electron chi connectivity index (χ0n) is 9.99. The van der Waals surface area contributed by atoms with Crippen LogP contribution in [-0.4, -0.2) is 35.0 Å². The molecule has 1 aromatic rings. The number of carbonyl (C=O) groups is 2. The minimum atomic E-state index is -0.987. The fraction of sp³-hybridized carbons (Fsp3) is 0.167. The van der Waals surface area contributed by atoms with Crippen molar-refractivity contribution in [1.82, 2.24) is 4.90 Å². The van der Waals surface area contributed by atoms with Gasteiger partial charge in [-0.2, -0.15) is 0 Å². The highest BCUT2D eigenvalue weighted by atomic mass is 35.5. The Kier molecular flexibility index (Phi) is 4.01. The lowest BCUT2D eigenvalue weighted by Crippen LogP contribution is -2.34. The number of benzene rings is 1. The smallest absolute Gasteiger partial charge is 0.277 e. The van der Waals surface area contributed by atoms with E-state index in [1.807, 2.05) is 0 Å². The number of rotatable bonds is 4. The minimum Gasteiger partial charge on any atom is -0.395 e. The van der Waals surface area contributed by atoms with Gasteiger partial charge < -0.3 is 10.4 Å². The van der Waals surface area contributed by atoms with E-state index < -0.39 is 28.5 Å². The van der Waals surface area contributed by atoms with Crippen molar-refractivity contribution in [3.63, 3.8) is 0 Å². The Hall–Kier alpha value is -1.99. The van der Waals surface area contributed by atoms with Crippen LogP contribution in [0.3, 0.4) is 0 Å². The van der Waals surface area contributed by atoms with Crippen LogP contribution >= 0.6 is 11.6 Å². The number of anilines is 1. The first-order chi connectivity index (χ1) is 9.43. The molecule has 2 amide bonds. The van der Waals surface area contributed by atoms with E-state index in [0.717, 1.165) is 17.0 Å². The maximum absolute atomic E-state index is 13.3. The molecule has 0 saturated heterocycles. The minimum absolute atomic E-state index is 0.162. The van der Waals surface area contributed by atoms with Crippen LogP contribution in [-0.2, 0) is 9.59 Å². The van der Waals surface area contributed by atoms with Gasteiger partial charge >= 0.3 is 0 Å². The molecule has 106 valence electrons. The summed E-state index contributed by atoms with van der Waals surface area (Å²) >= 11 is 5.64. The lowest BCUT2D eigenvalue weighted by molar-refractivity contribution is -0.137. The fourth-order valence-corrected chi connectivity index (χ4v) is 1.86.